The number of carbonyl (C=O) groups excluding carboxylic acids is 3. The van der Waals surface area contributed by atoms with Crippen LogP contribution in [-0.2, 0) is 16.0 Å². The lowest BCUT2D eigenvalue weighted by Gasteiger charge is -2.15. The molecule has 4 rings (SSSR count). The third-order valence-electron chi connectivity index (χ3n) is 4.20. The number of nitrogens with two attached hydrogens (primary N) is 1. The molecule has 0 aliphatic rings. The summed E-state index contributed by atoms with van der Waals surface area (Å²) >= 11 is 2.29. The highest BCUT2D eigenvalue weighted by Gasteiger charge is 2.29. The monoisotopic (exact) mass is 427 g/mol. The van der Waals surface area contributed by atoms with Crippen molar-refractivity contribution in [2.75, 3.05) is 0 Å². The molecule has 0 saturated carbocycles. The zero-order valence-electron chi connectivity index (χ0n) is 14.7. The number of ketones is 1. The van der Waals surface area contributed by atoms with Crippen molar-refractivity contribution in [3.05, 3.63) is 52.7 Å². The Hall–Kier alpha value is -3.44. The van der Waals surface area contributed by atoms with Crippen molar-refractivity contribution in [2.45, 2.75) is 12.5 Å². The Kier molecular flexibility index (Phi) is 5.14. The number of nitrogens with zero attached hydrogens (tertiary/aromatic N) is 3. The average Bonchev–Trinajstić information content (AvgIpc) is 3.45. The summed E-state index contributed by atoms with van der Waals surface area (Å²) in [6.45, 7) is 0. The topological polar surface area (TPSA) is 141 Å². The van der Waals surface area contributed by atoms with Crippen LogP contribution in [0.3, 0.4) is 0 Å². The van der Waals surface area contributed by atoms with E-state index in [0.717, 1.165) is 17.1 Å². The molecule has 0 aliphatic carbocycles. The minimum absolute atomic E-state index is 0.0174. The van der Waals surface area contributed by atoms with Crippen LogP contribution < -0.4 is 11.1 Å². The number of amides is 2. The number of hydrogen-bond donors (Lipinski definition) is 2. The van der Waals surface area contributed by atoms with Crippen molar-refractivity contribution in [1.29, 1.82) is 0 Å². The Balaban J connectivity index is 1.61. The van der Waals surface area contributed by atoms with Crippen LogP contribution >= 0.6 is 23.1 Å². The van der Waals surface area contributed by atoms with Gasteiger partial charge in [-0.2, -0.15) is 8.75 Å². The highest BCUT2D eigenvalue weighted by molar-refractivity contribution is 7.09. The molecule has 0 spiro atoms. The molecule has 3 N–H and O–H groups in total. The van der Waals surface area contributed by atoms with E-state index in [1.165, 1.54) is 17.6 Å². The fourth-order valence-corrected chi connectivity index (χ4v) is 4.13. The van der Waals surface area contributed by atoms with E-state index in [9.17, 15) is 14.4 Å². The van der Waals surface area contributed by atoms with Crippen LogP contribution in [0.25, 0.3) is 22.4 Å². The molecule has 0 saturated heterocycles. The van der Waals surface area contributed by atoms with Crippen LogP contribution in [0.1, 0.15) is 16.1 Å². The molecule has 2 amide bonds. The van der Waals surface area contributed by atoms with E-state index in [1.54, 1.807) is 24.4 Å². The van der Waals surface area contributed by atoms with Gasteiger partial charge < -0.3 is 15.5 Å². The predicted molar refractivity (Wildman–Crippen MR) is 106 cm³/mol. The molecule has 0 aromatic carbocycles. The molecule has 0 fully saturated rings. The number of furan rings is 1. The van der Waals surface area contributed by atoms with Crippen LogP contribution in [0.2, 0.25) is 0 Å². The lowest BCUT2D eigenvalue weighted by Crippen LogP contribution is -2.47. The fraction of sp³-hybridized carbons (Fsp3) is 0.111. The van der Waals surface area contributed by atoms with Gasteiger partial charge in [-0.05, 0) is 12.1 Å². The van der Waals surface area contributed by atoms with Crippen LogP contribution in [0, 0.1) is 0 Å². The fourth-order valence-electron chi connectivity index (χ4n) is 2.80. The first kappa shape index (κ1) is 18.9. The molecular formula is C18H13N5O4S2. The molecule has 11 heteroatoms. The average molecular weight is 427 g/mol. The molecule has 0 bridgehead atoms. The quantitative estimate of drug-likeness (QED) is 0.428. The molecule has 0 aliphatic heterocycles. The number of primary amides is 1. The SMILES string of the molecule is NC(=O)C(=O)C(Cc1coc2cscc12)NC(=O)c1nsnc1-c1ccccn1. The van der Waals surface area contributed by atoms with E-state index in [-0.39, 0.29) is 12.1 Å². The van der Waals surface area contributed by atoms with E-state index < -0.39 is 23.6 Å². The van der Waals surface area contributed by atoms with Crippen molar-refractivity contribution >= 4 is 51.6 Å². The summed E-state index contributed by atoms with van der Waals surface area (Å²) in [5, 5.41) is 7.06. The standard InChI is InChI=1S/C18H13N5O4S2/c19-17(25)16(24)12(5-9-6-27-13-8-28-7-10(9)13)21-18(26)15-14(22-29-23-15)11-3-1-2-4-20-11/h1-4,6-8,12H,5H2,(H2,19,25)(H,21,26). The smallest absolute Gasteiger partial charge is 0.287 e. The van der Waals surface area contributed by atoms with E-state index in [0.29, 0.717) is 22.5 Å². The van der Waals surface area contributed by atoms with Gasteiger partial charge in [0.1, 0.15) is 17.3 Å². The number of aromatic nitrogens is 3. The number of Topliss-reactive ketones (excluding diaryl/α,β-unsaturated/α-hetero) is 1. The van der Waals surface area contributed by atoms with Crippen molar-refractivity contribution in [3.63, 3.8) is 0 Å². The third kappa shape index (κ3) is 3.77. The maximum absolute atomic E-state index is 12.8. The van der Waals surface area contributed by atoms with Gasteiger partial charge in [-0.3, -0.25) is 19.4 Å². The Labute approximate surface area is 171 Å². The molecular weight excluding hydrogens is 414 g/mol. The number of hydrogen-bond acceptors (Lipinski definition) is 9. The normalized spacial score (nSPS) is 12.0. The largest absolute Gasteiger partial charge is 0.463 e. The van der Waals surface area contributed by atoms with Gasteiger partial charge in [0, 0.05) is 34.3 Å². The van der Waals surface area contributed by atoms with Gasteiger partial charge in [0.15, 0.2) is 5.69 Å². The highest BCUT2D eigenvalue weighted by Crippen LogP contribution is 2.26. The Morgan fingerprint density at radius 1 is 1.21 bits per heavy atom. The van der Waals surface area contributed by atoms with Crippen molar-refractivity contribution in [1.82, 2.24) is 19.0 Å². The van der Waals surface area contributed by atoms with E-state index in [2.05, 4.69) is 19.0 Å². The minimum atomic E-state index is -1.17. The molecule has 4 aromatic heterocycles. The van der Waals surface area contributed by atoms with E-state index in [4.69, 9.17) is 10.2 Å². The first-order chi connectivity index (χ1) is 14.0. The summed E-state index contributed by atoms with van der Waals surface area (Å²) < 4.78 is 13.6. The number of pyridine rings is 1. The molecule has 146 valence electrons. The molecule has 9 nitrogen and oxygen atoms in total. The lowest BCUT2D eigenvalue weighted by molar-refractivity contribution is -0.137. The number of fused-ring (bicyclic) bond motifs is 1. The zero-order chi connectivity index (χ0) is 20.4. The summed E-state index contributed by atoms with van der Waals surface area (Å²) in [6.07, 6.45) is 3.11. The molecule has 0 radical (unpaired) electrons. The molecule has 1 atom stereocenters. The second kappa shape index (κ2) is 7.89. The van der Waals surface area contributed by atoms with Gasteiger partial charge >= 0.3 is 0 Å². The van der Waals surface area contributed by atoms with Gasteiger partial charge in [-0.25, -0.2) is 0 Å². The summed E-state index contributed by atoms with van der Waals surface area (Å²) in [4.78, 5) is 40.8. The summed E-state index contributed by atoms with van der Waals surface area (Å²) in [5.41, 5.74) is 7.31. The first-order valence-corrected chi connectivity index (χ1v) is 10.0. The Morgan fingerprint density at radius 3 is 2.83 bits per heavy atom. The van der Waals surface area contributed by atoms with Crippen LogP contribution in [-0.4, -0.2) is 37.4 Å². The molecule has 29 heavy (non-hydrogen) atoms. The molecule has 1 unspecified atom stereocenters. The highest BCUT2D eigenvalue weighted by atomic mass is 32.1. The van der Waals surface area contributed by atoms with Crippen LogP contribution in [0.4, 0.5) is 0 Å². The first-order valence-electron chi connectivity index (χ1n) is 8.35. The van der Waals surface area contributed by atoms with Crippen molar-refractivity contribution in [2.24, 2.45) is 5.73 Å². The molecule has 4 heterocycles. The van der Waals surface area contributed by atoms with Crippen LogP contribution in [0.5, 0.6) is 0 Å². The predicted octanol–water partition coefficient (Wildman–Crippen LogP) is 1.80. The third-order valence-corrected chi connectivity index (χ3v) is 5.45. The van der Waals surface area contributed by atoms with E-state index >= 15 is 0 Å². The van der Waals surface area contributed by atoms with Gasteiger partial charge in [0.25, 0.3) is 11.8 Å². The number of rotatable bonds is 7. The maximum Gasteiger partial charge on any atom is 0.287 e. The van der Waals surface area contributed by atoms with E-state index in [1.807, 2.05) is 10.8 Å². The second-order valence-electron chi connectivity index (χ2n) is 6.05. The Morgan fingerprint density at radius 2 is 2.07 bits per heavy atom. The van der Waals surface area contributed by atoms with Gasteiger partial charge in [-0.15, -0.1) is 11.3 Å². The minimum Gasteiger partial charge on any atom is -0.463 e. The van der Waals surface area contributed by atoms with Gasteiger partial charge in [-0.1, -0.05) is 6.07 Å². The van der Waals surface area contributed by atoms with Crippen molar-refractivity contribution in [3.8, 4) is 11.4 Å². The van der Waals surface area contributed by atoms with Gasteiger partial charge in [0.05, 0.1) is 23.7 Å². The maximum atomic E-state index is 12.8. The summed E-state index contributed by atoms with van der Waals surface area (Å²) in [5.74, 6) is -2.70. The summed E-state index contributed by atoms with van der Waals surface area (Å²) in [7, 11) is 0. The summed E-state index contributed by atoms with van der Waals surface area (Å²) in [6, 6.07) is 4.02. The van der Waals surface area contributed by atoms with Crippen LogP contribution in [0.15, 0.2) is 45.8 Å². The number of carbonyl (C=O) groups is 3. The zero-order valence-corrected chi connectivity index (χ0v) is 16.3. The van der Waals surface area contributed by atoms with Gasteiger partial charge in [0.2, 0.25) is 5.78 Å². The number of thiophene rings is 1. The Bertz CT molecular complexity index is 1200. The number of nitrogens with one attached hydrogen (secondary N) is 1. The molecule has 4 aromatic rings. The lowest BCUT2D eigenvalue weighted by atomic mass is 10.0. The van der Waals surface area contributed by atoms with Crippen molar-refractivity contribution < 1.29 is 18.8 Å². The second-order valence-corrected chi connectivity index (χ2v) is 7.32.